The third-order valence-electron chi connectivity index (χ3n) is 4.39. The summed E-state index contributed by atoms with van der Waals surface area (Å²) in [6.45, 7) is 8.37. The number of anilines is 2. The van der Waals surface area contributed by atoms with Gasteiger partial charge < -0.3 is 15.1 Å². The van der Waals surface area contributed by atoms with Gasteiger partial charge in [-0.1, -0.05) is 30.7 Å². The number of benzene rings is 1. The molecule has 0 amide bonds. The fourth-order valence-corrected chi connectivity index (χ4v) is 3.00. The van der Waals surface area contributed by atoms with Crippen LogP contribution in [0.25, 0.3) is 0 Å². The van der Waals surface area contributed by atoms with E-state index >= 15 is 0 Å². The van der Waals surface area contributed by atoms with E-state index in [2.05, 4.69) is 44.1 Å². The first kappa shape index (κ1) is 17.0. The van der Waals surface area contributed by atoms with Crippen molar-refractivity contribution in [3.05, 3.63) is 47.1 Å². The van der Waals surface area contributed by atoms with Crippen molar-refractivity contribution in [1.29, 1.82) is 0 Å². The van der Waals surface area contributed by atoms with Gasteiger partial charge in [0, 0.05) is 43.9 Å². The molecule has 0 bridgehead atoms. The van der Waals surface area contributed by atoms with Gasteiger partial charge in [-0.05, 0) is 36.7 Å². The van der Waals surface area contributed by atoms with Crippen molar-refractivity contribution in [3.8, 4) is 0 Å². The van der Waals surface area contributed by atoms with Crippen LogP contribution in [0.5, 0.6) is 0 Å². The number of hydrogen-bond donors (Lipinski definition) is 1. The summed E-state index contributed by atoms with van der Waals surface area (Å²) in [5.74, 6) is 1.70. The van der Waals surface area contributed by atoms with Crippen LogP contribution in [0.2, 0.25) is 5.02 Å². The Balaban J connectivity index is 1.52. The zero-order valence-corrected chi connectivity index (χ0v) is 14.8. The molecule has 1 saturated heterocycles. The lowest BCUT2D eigenvalue weighted by molar-refractivity contribution is 0.270. The third kappa shape index (κ3) is 4.58. The summed E-state index contributed by atoms with van der Waals surface area (Å²) in [7, 11) is 0. The number of piperazine rings is 1. The Bertz CT molecular complexity index is 638. The quantitative estimate of drug-likeness (QED) is 0.872. The zero-order valence-electron chi connectivity index (χ0n) is 14.1. The number of aromatic nitrogens is 2. The molecule has 1 fully saturated rings. The smallest absolute Gasteiger partial charge is 0.224 e. The molecule has 5 nitrogen and oxygen atoms in total. The second kappa shape index (κ2) is 8.31. The van der Waals surface area contributed by atoms with Gasteiger partial charge in [0.05, 0.1) is 0 Å². The molecule has 0 radical (unpaired) electrons. The van der Waals surface area contributed by atoms with E-state index in [1.54, 1.807) is 0 Å². The lowest BCUT2D eigenvalue weighted by atomic mass is 10.1. The Morgan fingerprint density at radius 1 is 1.08 bits per heavy atom. The molecule has 1 N–H and O–H groups in total. The standard InChI is InChI=1S/C18H24ClN5/c1-2-23-11-13-24(14-12-23)17-8-10-21-18(22-17)20-9-7-15-3-5-16(19)6-4-15/h3-6,8,10H,2,7,9,11-14H2,1H3,(H,20,21,22). The Morgan fingerprint density at radius 3 is 2.54 bits per heavy atom. The SMILES string of the molecule is CCN1CCN(c2ccnc(NCCc3ccc(Cl)cc3)n2)CC1. The molecule has 0 saturated carbocycles. The Kier molecular flexibility index (Phi) is 5.88. The van der Waals surface area contributed by atoms with Crippen LogP contribution in [0.15, 0.2) is 36.5 Å². The second-order valence-electron chi connectivity index (χ2n) is 5.96. The van der Waals surface area contributed by atoms with Gasteiger partial charge in [-0.25, -0.2) is 4.98 Å². The highest BCUT2D eigenvalue weighted by Gasteiger charge is 2.17. The first-order chi connectivity index (χ1) is 11.7. The molecule has 2 heterocycles. The molecule has 0 spiro atoms. The molecule has 128 valence electrons. The van der Waals surface area contributed by atoms with E-state index in [0.29, 0.717) is 5.95 Å². The van der Waals surface area contributed by atoms with Gasteiger partial charge in [-0.3, -0.25) is 0 Å². The third-order valence-corrected chi connectivity index (χ3v) is 4.65. The summed E-state index contributed by atoms with van der Waals surface area (Å²) in [6, 6.07) is 9.93. The van der Waals surface area contributed by atoms with Crippen LogP contribution in [0.1, 0.15) is 12.5 Å². The fraction of sp³-hybridized carbons (Fsp3) is 0.444. The van der Waals surface area contributed by atoms with Crippen LogP contribution >= 0.6 is 11.6 Å². The topological polar surface area (TPSA) is 44.3 Å². The van der Waals surface area contributed by atoms with Crippen LogP contribution in [0, 0.1) is 0 Å². The van der Waals surface area contributed by atoms with Crippen molar-refractivity contribution in [2.75, 3.05) is 49.5 Å². The van der Waals surface area contributed by atoms with E-state index in [1.165, 1.54) is 5.56 Å². The number of likely N-dealkylation sites (N-methyl/N-ethyl adjacent to an activating group) is 1. The minimum Gasteiger partial charge on any atom is -0.354 e. The van der Waals surface area contributed by atoms with E-state index in [1.807, 2.05) is 24.4 Å². The highest BCUT2D eigenvalue weighted by atomic mass is 35.5. The van der Waals surface area contributed by atoms with Gasteiger partial charge in [0.25, 0.3) is 0 Å². The summed E-state index contributed by atoms with van der Waals surface area (Å²) in [5, 5.41) is 4.08. The molecule has 0 unspecified atom stereocenters. The summed E-state index contributed by atoms with van der Waals surface area (Å²) in [4.78, 5) is 13.8. The van der Waals surface area contributed by atoms with Crippen molar-refractivity contribution in [3.63, 3.8) is 0 Å². The minimum absolute atomic E-state index is 0.694. The molecule has 0 aliphatic carbocycles. The fourth-order valence-electron chi connectivity index (χ4n) is 2.87. The Hall–Kier alpha value is -1.85. The highest BCUT2D eigenvalue weighted by Crippen LogP contribution is 2.15. The predicted octanol–water partition coefficient (Wildman–Crippen LogP) is 2.93. The van der Waals surface area contributed by atoms with Crippen molar-refractivity contribution in [2.45, 2.75) is 13.3 Å². The molecule has 1 aromatic carbocycles. The van der Waals surface area contributed by atoms with Gasteiger partial charge in [0.1, 0.15) is 5.82 Å². The molecule has 1 aliphatic rings. The summed E-state index contributed by atoms with van der Waals surface area (Å²) in [6.07, 6.45) is 2.75. The number of hydrogen-bond acceptors (Lipinski definition) is 5. The van der Waals surface area contributed by atoms with Crippen LogP contribution in [0.3, 0.4) is 0 Å². The van der Waals surface area contributed by atoms with Crippen molar-refractivity contribution in [1.82, 2.24) is 14.9 Å². The molecular formula is C18H24ClN5. The van der Waals surface area contributed by atoms with Gasteiger partial charge in [0.15, 0.2) is 0 Å². The maximum absolute atomic E-state index is 5.91. The van der Waals surface area contributed by atoms with Crippen molar-refractivity contribution < 1.29 is 0 Å². The maximum atomic E-state index is 5.91. The van der Waals surface area contributed by atoms with E-state index < -0.39 is 0 Å². The lowest BCUT2D eigenvalue weighted by Crippen LogP contribution is -2.46. The Labute approximate surface area is 148 Å². The molecule has 2 aromatic rings. The van der Waals surface area contributed by atoms with Gasteiger partial charge in [-0.2, -0.15) is 4.98 Å². The molecule has 6 heteroatoms. The first-order valence-corrected chi connectivity index (χ1v) is 8.91. The number of nitrogens with one attached hydrogen (secondary N) is 1. The van der Waals surface area contributed by atoms with Crippen LogP contribution in [-0.4, -0.2) is 54.1 Å². The average Bonchev–Trinajstić information content (AvgIpc) is 2.64. The molecular weight excluding hydrogens is 322 g/mol. The minimum atomic E-state index is 0.694. The lowest BCUT2D eigenvalue weighted by Gasteiger charge is -2.34. The van der Waals surface area contributed by atoms with Crippen LogP contribution in [-0.2, 0) is 6.42 Å². The zero-order chi connectivity index (χ0) is 16.8. The molecule has 3 rings (SSSR count). The van der Waals surface area contributed by atoms with Crippen molar-refractivity contribution in [2.24, 2.45) is 0 Å². The summed E-state index contributed by atoms with van der Waals surface area (Å²) < 4.78 is 0. The monoisotopic (exact) mass is 345 g/mol. The van der Waals surface area contributed by atoms with Gasteiger partial charge in [-0.15, -0.1) is 0 Å². The summed E-state index contributed by atoms with van der Waals surface area (Å²) in [5.41, 5.74) is 1.25. The highest BCUT2D eigenvalue weighted by molar-refractivity contribution is 6.30. The Morgan fingerprint density at radius 2 is 1.83 bits per heavy atom. The molecule has 1 aliphatic heterocycles. The molecule has 24 heavy (non-hydrogen) atoms. The van der Waals surface area contributed by atoms with Crippen LogP contribution < -0.4 is 10.2 Å². The normalized spacial score (nSPS) is 15.5. The summed E-state index contributed by atoms with van der Waals surface area (Å²) >= 11 is 5.91. The largest absolute Gasteiger partial charge is 0.354 e. The number of rotatable bonds is 6. The van der Waals surface area contributed by atoms with Crippen molar-refractivity contribution >= 4 is 23.4 Å². The molecule has 0 atom stereocenters. The van der Waals surface area contributed by atoms with E-state index in [9.17, 15) is 0 Å². The number of halogens is 1. The van der Waals surface area contributed by atoms with E-state index in [4.69, 9.17) is 11.6 Å². The predicted molar refractivity (Wildman–Crippen MR) is 100 cm³/mol. The van der Waals surface area contributed by atoms with E-state index in [-0.39, 0.29) is 0 Å². The average molecular weight is 346 g/mol. The number of nitrogens with zero attached hydrogens (tertiary/aromatic N) is 4. The van der Waals surface area contributed by atoms with Gasteiger partial charge >= 0.3 is 0 Å². The maximum Gasteiger partial charge on any atom is 0.224 e. The first-order valence-electron chi connectivity index (χ1n) is 8.53. The van der Waals surface area contributed by atoms with Crippen LogP contribution in [0.4, 0.5) is 11.8 Å². The van der Waals surface area contributed by atoms with E-state index in [0.717, 1.165) is 56.5 Å². The van der Waals surface area contributed by atoms with Gasteiger partial charge in [0.2, 0.25) is 5.95 Å². The molecule has 1 aromatic heterocycles. The second-order valence-corrected chi connectivity index (χ2v) is 6.40.